The SMILES string of the molecule is CS(=O)(=O)Nc1ccn(C(=O)N2CCN(Cc3cccc(C(F)(F)F)c3Cl)CC2)n1. The van der Waals surface area contributed by atoms with E-state index in [4.69, 9.17) is 11.6 Å². The van der Waals surface area contributed by atoms with Crippen molar-refractivity contribution in [1.82, 2.24) is 19.6 Å². The number of anilines is 1. The van der Waals surface area contributed by atoms with Crippen LogP contribution in [0.4, 0.5) is 23.8 Å². The molecule has 0 unspecified atom stereocenters. The smallest absolute Gasteiger partial charge is 0.320 e. The quantitative estimate of drug-likeness (QED) is 0.750. The van der Waals surface area contributed by atoms with Gasteiger partial charge in [-0.1, -0.05) is 23.7 Å². The maximum absolute atomic E-state index is 13.0. The summed E-state index contributed by atoms with van der Waals surface area (Å²) in [6, 6.07) is 4.76. The number of hydrogen-bond donors (Lipinski definition) is 1. The first-order chi connectivity index (χ1) is 13.9. The Kier molecular flexibility index (Phi) is 6.29. The third-order valence-electron chi connectivity index (χ3n) is 4.50. The molecule has 30 heavy (non-hydrogen) atoms. The lowest BCUT2D eigenvalue weighted by atomic mass is 10.1. The first kappa shape index (κ1) is 22.4. The highest BCUT2D eigenvalue weighted by atomic mass is 35.5. The van der Waals surface area contributed by atoms with Gasteiger partial charge in [-0.25, -0.2) is 13.2 Å². The van der Waals surface area contributed by atoms with E-state index in [1.54, 1.807) is 6.07 Å². The van der Waals surface area contributed by atoms with E-state index in [0.717, 1.165) is 17.0 Å². The van der Waals surface area contributed by atoms with Gasteiger partial charge in [0.2, 0.25) is 10.0 Å². The van der Waals surface area contributed by atoms with Crippen LogP contribution in [0.5, 0.6) is 0 Å². The van der Waals surface area contributed by atoms with Gasteiger partial charge in [-0.2, -0.15) is 17.9 Å². The van der Waals surface area contributed by atoms with E-state index < -0.39 is 27.8 Å². The minimum atomic E-state index is -4.52. The molecule has 0 radical (unpaired) electrons. The van der Waals surface area contributed by atoms with Crippen LogP contribution in [0.2, 0.25) is 5.02 Å². The van der Waals surface area contributed by atoms with Crippen LogP contribution in [-0.2, 0) is 22.7 Å². The van der Waals surface area contributed by atoms with E-state index >= 15 is 0 Å². The van der Waals surface area contributed by atoms with E-state index in [2.05, 4.69) is 9.82 Å². The molecule has 164 valence electrons. The summed E-state index contributed by atoms with van der Waals surface area (Å²) in [6.07, 6.45) is -2.19. The van der Waals surface area contributed by atoms with Gasteiger partial charge in [0.25, 0.3) is 0 Å². The Morgan fingerprint density at radius 3 is 2.47 bits per heavy atom. The number of carbonyl (C=O) groups is 1. The molecule has 1 aliphatic rings. The number of nitrogens with zero attached hydrogens (tertiary/aromatic N) is 4. The van der Waals surface area contributed by atoms with Crippen molar-refractivity contribution in [1.29, 1.82) is 0 Å². The van der Waals surface area contributed by atoms with Crippen molar-refractivity contribution in [2.45, 2.75) is 12.7 Å². The second-order valence-electron chi connectivity index (χ2n) is 6.84. The summed E-state index contributed by atoms with van der Waals surface area (Å²) in [7, 11) is -3.51. The van der Waals surface area contributed by atoms with E-state index in [1.165, 1.54) is 23.2 Å². The van der Waals surface area contributed by atoms with Crippen molar-refractivity contribution < 1.29 is 26.4 Å². The van der Waals surface area contributed by atoms with E-state index in [-0.39, 0.29) is 17.4 Å². The molecule has 0 saturated carbocycles. The monoisotopic (exact) mass is 465 g/mol. The molecule has 0 aliphatic carbocycles. The lowest BCUT2D eigenvalue weighted by Gasteiger charge is -2.34. The Balaban J connectivity index is 1.60. The number of piperazine rings is 1. The molecule has 0 spiro atoms. The van der Waals surface area contributed by atoms with E-state index in [1.807, 2.05) is 4.90 Å². The average molecular weight is 466 g/mol. The molecule has 0 atom stereocenters. The summed E-state index contributed by atoms with van der Waals surface area (Å²) in [5, 5.41) is 3.59. The molecule has 3 rings (SSSR count). The molecule has 13 heteroatoms. The molecule has 1 N–H and O–H groups in total. The molecule has 8 nitrogen and oxygen atoms in total. The summed E-state index contributed by atoms with van der Waals surface area (Å²) < 4.78 is 64.7. The van der Waals surface area contributed by atoms with Crippen molar-refractivity contribution in [3.05, 3.63) is 46.6 Å². The van der Waals surface area contributed by atoms with Crippen LogP contribution in [0.1, 0.15) is 11.1 Å². The fourth-order valence-corrected chi connectivity index (χ4v) is 3.86. The summed E-state index contributed by atoms with van der Waals surface area (Å²) in [5.41, 5.74) is -0.498. The number of rotatable bonds is 4. The third-order valence-corrected chi connectivity index (χ3v) is 5.52. The van der Waals surface area contributed by atoms with Crippen molar-refractivity contribution in [3.63, 3.8) is 0 Å². The lowest BCUT2D eigenvalue weighted by Crippen LogP contribution is -2.49. The molecule has 1 aromatic carbocycles. The lowest BCUT2D eigenvalue weighted by molar-refractivity contribution is -0.137. The number of benzene rings is 1. The van der Waals surface area contributed by atoms with E-state index in [9.17, 15) is 26.4 Å². The predicted octanol–water partition coefficient (Wildman–Crippen LogP) is 2.71. The van der Waals surface area contributed by atoms with Gasteiger partial charge < -0.3 is 4.90 Å². The fourth-order valence-electron chi connectivity index (χ4n) is 3.08. The van der Waals surface area contributed by atoms with Crippen LogP contribution >= 0.6 is 11.6 Å². The molecule has 2 heterocycles. The van der Waals surface area contributed by atoms with Crippen LogP contribution < -0.4 is 4.72 Å². The number of sulfonamides is 1. The standard InChI is InChI=1S/C17H19ClF3N5O3S/c1-30(28,29)23-14-5-6-26(22-14)16(27)25-9-7-24(8-10-25)11-12-3-2-4-13(15(12)18)17(19,20)21/h2-6H,7-11H2,1H3,(H,22,23). The Morgan fingerprint density at radius 1 is 1.20 bits per heavy atom. The Labute approximate surface area is 176 Å². The molecule has 1 fully saturated rings. The fraction of sp³-hybridized carbons (Fsp3) is 0.412. The summed E-state index contributed by atoms with van der Waals surface area (Å²) >= 11 is 5.95. The second-order valence-corrected chi connectivity index (χ2v) is 8.97. The number of aromatic nitrogens is 2. The van der Waals surface area contributed by atoms with E-state index in [0.29, 0.717) is 31.7 Å². The molecule has 2 aromatic rings. The Hall–Kier alpha value is -2.31. The number of hydrogen-bond acceptors (Lipinski definition) is 5. The largest absolute Gasteiger partial charge is 0.417 e. The van der Waals surface area contributed by atoms with Crippen LogP contribution in [0, 0.1) is 0 Å². The first-order valence-electron chi connectivity index (χ1n) is 8.84. The summed E-state index contributed by atoms with van der Waals surface area (Å²) in [6.45, 7) is 1.78. The maximum Gasteiger partial charge on any atom is 0.417 e. The minimum absolute atomic E-state index is 0.0312. The number of alkyl halides is 3. The second kappa shape index (κ2) is 8.44. The van der Waals surface area contributed by atoms with Crippen molar-refractivity contribution in [3.8, 4) is 0 Å². The van der Waals surface area contributed by atoms with Gasteiger partial charge in [0, 0.05) is 45.0 Å². The van der Waals surface area contributed by atoms with Crippen LogP contribution in [0.15, 0.2) is 30.5 Å². The number of carbonyl (C=O) groups excluding carboxylic acids is 1. The highest BCUT2D eigenvalue weighted by molar-refractivity contribution is 7.92. The number of amides is 1. The predicted molar refractivity (Wildman–Crippen MR) is 105 cm³/mol. The zero-order valence-corrected chi connectivity index (χ0v) is 17.4. The van der Waals surface area contributed by atoms with Gasteiger partial charge in [0.15, 0.2) is 5.82 Å². The van der Waals surface area contributed by atoms with Crippen molar-refractivity contribution in [2.24, 2.45) is 0 Å². The van der Waals surface area contributed by atoms with Crippen LogP contribution in [0.25, 0.3) is 0 Å². The highest BCUT2D eigenvalue weighted by Gasteiger charge is 2.34. The Morgan fingerprint density at radius 2 is 1.87 bits per heavy atom. The molecule has 1 aromatic heterocycles. The van der Waals surface area contributed by atoms with Crippen molar-refractivity contribution >= 4 is 33.5 Å². The summed E-state index contributed by atoms with van der Waals surface area (Å²) in [5.74, 6) is 0.0312. The van der Waals surface area contributed by atoms with Gasteiger partial charge in [-0.3, -0.25) is 9.62 Å². The topological polar surface area (TPSA) is 87.5 Å². The van der Waals surface area contributed by atoms with Gasteiger partial charge in [-0.05, 0) is 11.6 Å². The number of halogens is 4. The number of nitrogens with one attached hydrogen (secondary N) is 1. The molecular weight excluding hydrogens is 447 g/mol. The maximum atomic E-state index is 13.0. The summed E-state index contributed by atoms with van der Waals surface area (Å²) in [4.78, 5) is 16.0. The average Bonchev–Trinajstić information content (AvgIpc) is 3.09. The third kappa shape index (κ3) is 5.43. The highest BCUT2D eigenvalue weighted by Crippen LogP contribution is 2.36. The zero-order valence-electron chi connectivity index (χ0n) is 15.9. The molecule has 0 bridgehead atoms. The Bertz CT molecular complexity index is 1030. The molecule has 1 aliphatic heterocycles. The van der Waals surface area contributed by atoms with Crippen LogP contribution in [0.3, 0.4) is 0 Å². The normalized spacial score (nSPS) is 16.0. The van der Waals surface area contributed by atoms with Crippen molar-refractivity contribution in [2.75, 3.05) is 37.2 Å². The van der Waals surface area contributed by atoms with Gasteiger partial charge in [0.1, 0.15) is 0 Å². The van der Waals surface area contributed by atoms with Gasteiger partial charge in [-0.15, -0.1) is 5.10 Å². The zero-order chi connectivity index (χ0) is 22.1. The molecule has 1 saturated heterocycles. The van der Waals surface area contributed by atoms with Gasteiger partial charge >= 0.3 is 12.2 Å². The minimum Gasteiger partial charge on any atom is -0.320 e. The van der Waals surface area contributed by atoms with Gasteiger partial charge in [0.05, 0.1) is 16.8 Å². The first-order valence-corrected chi connectivity index (χ1v) is 11.1. The molecule has 1 amide bonds. The van der Waals surface area contributed by atoms with Crippen LogP contribution in [-0.4, -0.2) is 66.5 Å². The molecular formula is C17H19ClF3N5O3S.